The predicted molar refractivity (Wildman–Crippen MR) is 279 cm³/mol. The van der Waals surface area contributed by atoms with Gasteiger partial charge in [-0.3, -0.25) is 0 Å². The van der Waals surface area contributed by atoms with Crippen molar-refractivity contribution in [3.8, 4) is 17.3 Å². The Kier molecular flexibility index (Phi) is 12.1. The fourth-order valence-corrected chi connectivity index (χ4v) is 9.48. The summed E-state index contributed by atoms with van der Waals surface area (Å²) in [4.78, 5) is 9.55. The van der Waals surface area contributed by atoms with Gasteiger partial charge >= 0.3 is 0 Å². The van der Waals surface area contributed by atoms with E-state index in [2.05, 4.69) is 260 Å². The zero-order valence-corrected chi connectivity index (χ0v) is 43.0. The number of anilines is 4. The van der Waals surface area contributed by atoms with Crippen molar-refractivity contribution in [2.45, 2.75) is 90.9 Å². The van der Waals surface area contributed by atoms with Crippen LogP contribution in [0.3, 0.4) is 0 Å². The van der Waals surface area contributed by atoms with E-state index in [0.717, 1.165) is 55.9 Å². The van der Waals surface area contributed by atoms with Crippen LogP contribution >= 0.6 is 0 Å². The molecular formula is C62H59N4OPt-3. The molecule has 1 aliphatic heterocycles. The Morgan fingerprint density at radius 3 is 1.72 bits per heavy atom. The van der Waals surface area contributed by atoms with Crippen LogP contribution in [0.4, 0.5) is 22.7 Å². The minimum Gasteiger partial charge on any atom is -0.509 e. The second-order valence-electron chi connectivity index (χ2n) is 21.2. The zero-order valence-electron chi connectivity index (χ0n) is 40.8. The van der Waals surface area contributed by atoms with E-state index in [4.69, 9.17) is 9.72 Å². The molecule has 68 heavy (non-hydrogen) atoms. The summed E-state index contributed by atoms with van der Waals surface area (Å²) in [6, 6.07) is 66.2. The van der Waals surface area contributed by atoms with Crippen molar-refractivity contribution in [2.75, 3.05) is 9.80 Å². The summed E-state index contributed by atoms with van der Waals surface area (Å²) in [6.45, 7) is 24.8. The Balaban J connectivity index is 0.00000578. The van der Waals surface area contributed by atoms with Gasteiger partial charge in [0.05, 0.1) is 0 Å². The Morgan fingerprint density at radius 1 is 0.471 bits per heavy atom. The predicted octanol–water partition coefficient (Wildman–Crippen LogP) is 16.2. The maximum absolute atomic E-state index is 7.01. The van der Waals surface area contributed by atoms with Crippen LogP contribution in [0.5, 0.6) is 11.5 Å². The maximum atomic E-state index is 7.01. The van der Waals surface area contributed by atoms with E-state index in [-0.39, 0.29) is 42.7 Å². The number of aromatic nitrogens is 2. The first kappa shape index (κ1) is 46.7. The van der Waals surface area contributed by atoms with Gasteiger partial charge in [0, 0.05) is 66.8 Å². The minimum atomic E-state index is -0.363. The van der Waals surface area contributed by atoms with Crippen molar-refractivity contribution in [2.24, 2.45) is 0 Å². The molecule has 7 aromatic carbocycles. The Bertz CT molecular complexity index is 3280. The Hall–Kier alpha value is -6.42. The third-order valence-corrected chi connectivity index (χ3v) is 13.9. The van der Waals surface area contributed by atoms with Crippen molar-refractivity contribution in [3.05, 3.63) is 222 Å². The monoisotopic (exact) mass is 1070 g/mol. The van der Waals surface area contributed by atoms with E-state index < -0.39 is 0 Å². The summed E-state index contributed by atoms with van der Waals surface area (Å²) in [7, 11) is 0. The first-order valence-corrected chi connectivity index (χ1v) is 23.4. The second-order valence-corrected chi connectivity index (χ2v) is 21.2. The molecule has 0 bridgehead atoms. The molecule has 0 radical (unpaired) electrons. The molecule has 0 saturated heterocycles. The van der Waals surface area contributed by atoms with Gasteiger partial charge in [0.25, 0.3) is 0 Å². The van der Waals surface area contributed by atoms with Gasteiger partial charge in [-0.15, -0.1) is 53.6 Å². The van der Waals surface area contributed by atoms with Crippen molar-refractivity contribution < 1.29 is 25.8 Å². The van der Waals surface area contributed by atoms with Crippen LogP contribution < -0.4 is 14.5 Å². The number of nitrogens with zero attached hydrogens (tertiary/aromatic N) is 4. The molecule has 3 heterocycles. The van der Waals surface area contributed by atoms with Crippen LogP contribution in [-0.2, 0) is 42.7 Å². The average molecular weight is 1070 g/mol. The molecule has 10 rings (SSSR count). The van der Waals surface area contributed by atoms with Crippen LogP contribution in [0.2, 0.25) is 0 Å². The van der Waals surface area contributed by atoms with Crippen molar-refractivity contribution in [3.63, 3.8) is 0 Å². The minimum absolute atomic E-state index is 0. The summed E-state index contributed by atoms with van der Waals surface area (Å²) in [6.07, 6.45) is 1.93. The number of fused-ring (bicyclic) bond motifs is 4. The number of pyridine rings is 1. The average Bonchev–Trinajstić information content (AvgIpc) is 3.87. The molecule has 9 aromatic rings. The van der Waals surface area contributed by atoms with Crippen molar-refractivity contribution in [1.82, 2.24) is 9.55 Å². The van der Waals surface area contributed by atoms with Crippen LogP contribution in [0.15, 0.2) is 170 Å². The largest absolute Gasteiger partial charge is 0.509 e. The van der Waals surface area contributed by atoms with Gasteiger partial charge in [-0.25, -0.2) is 4.98 Å². The standard InChI is InChI=1S/C62H59N4O.Pt/c1-59(2,3)44-24-19-25-48(34-44)64-41-65(55-27-18-17-26-54(55)64)49-35-47(62(9,10)43-22-15-12-16-23-43)36-51(39-49)67-50-29-31-53-52-30-28-46(61(7,8)42-20-13-11-14-21-42)37-56(52)66(57(53)40-50)58-38-45(32-33-63-58)60(4,5)6;/h11-38,41H,1-10H3;/q-3;. The fraction of sp³-hybridized carbons (Fsp3) is 0.226. The molecule has 0 N–H and O–H groups in total. The number of hydrogen-bond donors (Lipinski definition) is 0. The third kappa shape index (κ3) is 8.56. The summed E-state index contributed by atoms with van der Waals surface area (Å²) in [5, 5.41) is 2.21. The van der Waals surface area contributed by atoms with Gasteiger partial charge in [0.15, 0.2) is 0 Å². The van der Waals surface area contributed by atoms with E-state index in [9.17, 15) is 0 Å². The molecule has 1 aliphatic rings. The summed E-state index contributed by atoms with van der Waals surface area (Å²) in [5.41, 5.74) is 12.8. The van der Waals surface area contributed by atoms with Crippen LogP contribution in [0, 0.1) is 18.8 Å². The Morgan fingerprint density at radius 2 is 1.06 bits per heavy atom. The normalized spacial score (nSPS) is 13.2. The number of ether oxygens (including phenoxy) is 1. The molecule has 0 saturated carbocycles. The Labute approximate surface area is 417 Å². The molecule has 0 aliphatic carbocycles. The molecule has 346 valence electrons. The summed E-state index contributed by atoms with van der Waals surface area (Å²) in [5.74, 6) is 2.04. The molecule has 0 atom stereocenters. The SMILES string of the molecule is CC(C)(C)c1cccc(N2[CH-]N(c3[c-]c(Oc4[c-]c5c(cc4)c4ccc(C(C)(C)c6ccccc6)cc4n5-c4cc(C(C)(C)C)ccn4)cc(C(C)(C)c4ccccc4)c3)c3ccccc32)c1.[Pt]. The second kappa shape index (κ2) is 17.6. The molecule has 0 spiro atoms. The van der Waals surface area contributed by atoms with Gasteiger partial charge in [-0.2, -0.15) is 6.07 Å². The van der Waals surface area contributed by atoms with Gasteiger partial charge in [0.1, 0.15) is 5.82 Å². The van der Waals surface area contributed by atoms with E-state index >= 15 is 0 Å². The van der Waals surface area contributed by atoms with E-state index in [0.29, 0.717) is 11.5 Å². The smallest absolute Gasteiger partial charge is 0.135 e. The van der Waals surface area contributed by atoms with E-state index in [1.54, 1.807) is 0 Å². The maximum Gasteiger partial charge on any atom is 0.135 e. The summed E-state index contributed by atoms with van der Waals surface area (Å²) >= 11 is 0. The summed E-state index contributed by atoms with van der Waals surface area (Å²) < 4.78 is 9.28. The van der Waals surface area contributed by atoms with Crippen molar-refractivity contribution in [1.29, 1.82) is 0 Å². The number of hydrogen-bond acceptors (Lipinski definition) is 4. The number of para-hydroxylation sites is 2. The van der Waals surface area contributed by atoms with Gasteiger partial charge in [-0.1, -0.05) is 172 Å². The zero-order chi connectivity index (χ0) is 46.9. The first-order chi connectivity index (χ1) is 32.0. The molecule has 6 heteroatoms. The third-order valence-electron chi connectivity index (χ3n) is 13.9. The number of rotatable bonds is 9. The van der Waals surface area contributed by atoms with E-state index in [1.165, 1.54) is 27.8 Å². The topological polar surface area (TPSA) is 33.5 Å². The molecule has 0 fully saturated rings. The quantitative estimate of drug-likeness (QED) is 0.135. The van der Waals surface area contributed by atoms with Crippen molar-refractivity contribution >= 4 is 44.6 Å². The molecule has 5 nitrogen and oxygen atoms in total. The van der Waals surface area contributed by atoms with Gasteiger partial charge in [0.2, 0.25) is 0 Å². The molecule has 0 amide bonds. The van der Waals surface area contributed by atoms with Gasteiger partial charge in [-0.05, 0) is 91.9 Å². The van der Waals surface area contributed by atoms with E-state index in [1.807, 2.05) is 12.3 Å². The molecular weight excluding hydrogens is 1010 g/mol. The molecule has 0 unspecified atom stereocenters. The fourth-order valence-electron chi connectivity index (χ4n) is 9.48. The van der Waals surface area contributed by atoms with Crippen LogP contribution in [0.1, 0.15) is 103 Å². The van der Waals surface area contributed by atoms with Crippen LogP contribution in [-0.4, -0.2) is 9.55 Å². The first-order valence-electron chi connectivity index (χ1n) is 23.4. The molecule has 2 aromatic heterocycles. The van der Waals surface area contributed by atoms with Gasteiger partial charge < -0.3 is 19.1 Å². The van der Waals surface area contributed by atoms with Crippen LogP contribution in [0.25, 0.3) is 27.6 Å². The number of benzene rings is 7.